The molecule has 48 heavy (non-hydrogen) atoms. The van der Waals surface area contributed by atoms with Gasteiger partial charge in [0.15, 0.2) is 0 Å². The predicted molar refractivity (Wildman–Crippen MR) is 200 cm³/mol. The number of hydrogen-bond donors (Lipinski definition) is 0. The normalized spacial score (nSPS) is 11.7. The minimum absolute atomic E-state index is 0.332. The lowest BCUT2D eigenvalue weighted by molar-refractivity contribution is -0.131. The fourth-order valence-corrected chi connectivity index (χ4v) is 5.41. The topological polar surface area (TPSA) is 51.1 Å². The van der Waals surface area contributed by atoms with Crippen molar-refractivity contribution in [3.63, 3.8) is 0 Å². The average molecular weight is 629 g/mol. The van der Waals surface area contributed by atoms with Gasteiger partial charge in [0.2, 0.25) is 0 Å². The lowest BCUT2D eigenvalue weighted by atomic mass is 10.0. The first-order valence-corrected chi connectivity index (χ1v) is 15.8. The zero-order valence-corrected chi connectivity index (χ0v) is 27.2. The second-order valence-electron chi connectivity index (χ2n) is 11.3. The maximum absolute atomic E-state index is 11.2. The molecule has 0 unspecified atom stereocenters. The van der Waals surface area contributed by atoms with Crippen molar-refractivity contribution >= 4 is 58.1 Å². The summed E-state index contributed by atoms with van der Waals surface area (Å²) in [5.74, 6) is 1.04. The predicted octanol–water partition coefficient (Wildman–Crippen LogP) is 10.7. The van der Waals surface area contributed by atoms with Crippen molar-refractivity contribution in [1.29, 1.82) is 0 Å². The molecule has 0 aliphatic rings. The first kappa shape index (κ1) is 31.8. The van der Waals surface area contributed by atoms with Gasteiger partial charge in [-0.25, -0.2) is 5.01 Å². The summed E-state index contributed by atoms with van der Waals surface area (Å²) in [6.45, 7) is 3.44. The van der Waals surface area contributed by atoms with Crippen LogP contribution in [0.3, 0.4) is 0 Å². The third-order valence-electron chi connectivity index (χ3n) is 7.92. The van der Waals surface area contributed by atoms with Gasteiger partial charge in [0.25, 0.3) is 0 Å². The van der Waals surface area contributed by atoms with Gasteiger partial charge in [-0.1, -0.05) is 121 Å². The summed E-state index contributed by atoms with van der Waals surface area (Å²) in [4.78, 5) is 11.2. The van der Waals surface area contributed by atoms with Crippen LogP contribution >= 0.6 is 0 Å². The average Bonchev–Trinajstić information content (AvgIpc) is 3.13. The highest BCUT2D eigenvalue weighted by atomic mass is 16.5. The standard InChI is InChI=1S/C43H36N2O3/c1-31(36-9-5-4-6-10-36)44-45(38-24-16-33(17-25-38)13-14-34-20-28-40(29-21-34)48-32(2)46)43-30-23-37(41-11-7-8-12-42(41)43)22-15-35-18-26-39(47-3)27-19-35/h4-30H,1-3H3. The molecule has 0 aliphatic heterocycles. The molecule has 5 heteroatoms. The van der Waals surface area contributed by atoms with Crippen LogP contribution in [0.2, 0.25) is 0 Å². The Morgan fingerprint density at radius 2 is 1.12 bits per heavy atom. The molecule has 0 spiro atoms. The van der Waals surface area contributed by atoms with Crippen molar-refractivity contribution in [3.05, 3.63) is 167 Å². The third kappa shape index (κ3) is 7.77. The molecule has 0 heterocycles. The van der Waals surface area contributed by atoms with Gasteiger partial charge in [-0.3, -0.25) is 4.79 Å². The zero-order chi connectivity index (χ0) is 33.3. The van der Waals surface area contributed by atoms with Gasteiger partial charge in [0, 0.05) is 12.3 Å². The van der Waals surface area contributed by atoms with Crippen LogP contribution in [0, 0.1) is 0 Å². The molecule has 6 aromatic rings. The van der Waals surface area contributed by atoms with E-state index in [9.17, 15) is 4.79 Å². The van der Waals surface area contributed by atoms with Gasteiger partial charge in [0.05, 0.1) is 24.2 Å². The van der Waals surface area contributed by atoms with Gasteiger partial charge in [-0.05, 0) is 82.6 Å². The number of carbonyl (C=O) groups excluding carboxylic acids is 1. The van der Waals surface area contributed by atoms with Crippen molar-refractivity contribution in [1.82, 2.24) is 0 Å². The summed E-state index contributed by atoms with van der Waals surface area (Å²) >= 11 is 0. The van der Waals surface area contributed by atoms with E-state index in [0.717, 1.165) is 61.4 Å². The molecule has 0 radical (unpaired) electrons. The summed E-state index contributed by atoms with van der Waals surface area (Å²) < 4.78 is 10.5. The number of hydrogen-bond acceptors (Lipinski definition) is 5. The van der Waals surface area contributed by atoms with E-state index in [1.165, 1.54) is 6.92 Å². The second-order valence-corrected chi connectivity index (χ2v) is 11.3. The van der Waals surface area contributed by atoms with Gasteiger partial charge < -0.3 is 9.47 Å². The molecule has 0 aromatic heterocycles. The quantitative estimate of drug-likeness (QED) is 0.0498. The molecule has 6 aromatic carbocycles. The molecule has 236 valence electrons. The molecule has 0 fully saturated rings. The van der Waals surface area contributed by atoms with Gasteiger partial charge in [-0.2, -0.15) is 5.10 Å². The minimum atomic E-state index is -0.332. The van der Waals surface area contributed by atoms with E-state index in [0.29, 0.717) is 5.75 Å². The first-order valence-electron chi connectivity index (χ1n) is 15.8. The molecule has 0 saturated heterocycles. The summed E-state index contributed by atoms with van der Waals surface area (Å²) in [5.41, 5.74) is 8.17. The molecule has 0 saturated carbocycles. The summed E-state index contributed by atoms with van der Waals surface area (Å²) in [5, 5.41) is 9.46. The molecule has 0 bridgehead atoms. The summed E-state index contributed by atoms with van der Waals surface area (Å²) in [6.07, 6.45) is 8.37. The summed E-state index contributed by atoms with van der Waals surface area (Å²) in [6, 6.07) is 46.8. The van der Waals surface area contributed by atoms with Crippen LogP contribution in [-0.4, -0.2) is 18.8 Å². The van der Waals surface area contributed by atoms with Crippen molar-refractivity contribution in [2.24, 2.45) is 5.10 Å². The lowest BCUT2D eigenvalue weighted by Crippen LogP contribution is -2.13. The second kappa shape index (κ2) is 14.9. The van der Waals surface area contributed by atoms with Crippen LogP contribution in [0.1, 0.15) is 41.7 Å². The molecule has 0 aliphatic carbocycles. The van der Waals surface area contributed by atoms with Gasteiger partial charge in [0.1, 0.15) is 11.5 Å². The number of ether oxygens (including phenoxy) is 2. The Balaban J connectivity index is 1.34. The number of nitrogens with zero attached hydrogens (tertiary/aromatic N) is 2. The Morgan fingerprint density at radius 1 is 0.583 bits per heavy atom. The first-order chi connectivity index (χ1) is 23.5. The van der Waals surface area contributed by atoms with Crippen LogP contribution < -0.4 is 14.5 Å². The lowest BCUT2D eigenvalue weighted by Gasteiger charge is -2.23. The number of esters is 1. The number of anilines is 2. The van der Waals surface area contributed by atoms with E-state index < -0.39 is 0 Å². The molecular formula is C43H36N2O3. The highest BCUT2D eigenvalue weighted by molar-refractivity contribution is 6.04. The maximum atomic E-state index is 11.2. The van der Waals surface area contributed by atoms with Crippen molar-refractivity contribution in [3.8, 4) is 11.5 Å². The number of rotatable bonds is 10. The largest absolute Gasteiger partial charge is 0.497 e. The molecular weight excluding hydrogens is 592 g/mol. The van der Waals surface area contributed by atoms with E-state index in [1.807, 2.05) is 60.5 Å². The molecule has 0 atom stereocenters. The molecule has 6 rings (SSSR count). The Kier molecular flexibility index (Phi) is 9.88. The Bertz CT molecular complexity index is 2100. The molecule has 5 nitrogen and oxygen atoms in total. The number of hydrazone groups is 1. The third-order valence-corrected chi connectivity index (χ3v) is 7.92. The summed E-state index contributed by atoms with van der Waals surface area (Å²) in [7, 11) is 1.68. The molecule has 0 amide bonds. The number of benzene rings is 6. The van der Waals surface area contributed by atoms with Crippen molar-refractivity contribution < 1.29 is 14.3 Å². The van der Waals surface area contributed by atoms with Crippen LogP contribution in [0.5, 0.6) is 11.5 Å². The van der Waals surface area contributed by atoms with Crippen LogP contribution in [0.4, 0.5) is 11.4 Å². The SMILES string of the molecule is COc1ccc(C=Cc2ccc(N(N=C(C)c3ccccc3)c3ccc(C=Cc4ccc(OC(C)=O)cc4)cc3)c3ccccc23)cc1. The highest BCUT2D eigenvalue weighted by Gasteiger charge is 2.15. The van der Waals surface area contributed by atoms with Gasteiger partial charge in [-0.15, -0.1) is 0 Å². The van der Waals surface area contributed by atoms with Crippen LogP contribution in [-0.2, 0) is 4.79 Å². The Hall–Kier alpha value is -6.20. The fraction of sp³-hybridized carbons (Fsp3) is 0.0698. The van der Waals surface area contributed by atoms with Gasteiger partial charge >= 0.3 is 5.97 Å². The highest BCUT2D eigenvalue weighted by Crippen LogP contribution is 2.36. The minimum Gasteiger partial charge on any atom is -0.497 e. The van der Waals surface area contributed by atoms with E-state index >= 15 is 0 Å². The number of carbonyl (C=O) groups is 1. The monoisotopic (exact) mass is 628 g/mol. The molecule has 0 N–H and O–H groups in total. The van der Waals surface area contributed by atoms with Crippen molar-refractivity contribution in [2.45, 2.75) is 13.8 Å². The Morgan fingerprint density at radius 3 is 1.73 bits per heavy atom. The zero-order valence-electron chi connectivity index (χ0n) is 27.2. The van der Waals surface area contributed by atoms with Crippen LogP contribution in [0.15, 0.2) is 145 Å². The van der Waals surface area contributed by atoms with Crippen molar-refractivity contribution in [2.75, 3.05) is 12.1 Å². The Labute approximate surface area is 281 Å². The number of methoxy groups -OCH3 is 1. The van der Waals surface area contributed by atoms with E-state index in [2.05, 4.69) is 103 Å². The smallest absolute Gasteiger partial charge is 0.308 e. The number of fused-ring (bicyclic) bond motifs is 1. The maximum Gasteiger partial charge on any atom is 0.308 e. The fourth-order valence-electron chi connectivity index (χ4n) is 5.41. The van der Waals surface area contributed by atoms with Crippen LogP contribution in [0.25, 0.3) is 35.1 Å². The van der Waals surface area contributed by atoms with E-state index in [-0.39, 0.29) is 5.97 Å². The van der Waals surface area contributed by atoms with E-state index in [4.69, 9.17) is 14.6 Å². The van der Waals surface area contributed by atoms with E-state index in [1.54, 1.807) is 19.2 Å².